The lowest BCUT2D eigenvalue weighted by molar-refractivity contribution is -0.155. The first-order valence-corrected chi connectivity index (χ1v) is 11.4. The van der Waals surface area contributed by atoms with Gasteiger partial charge in [0.1, 0.15) is 17.6 Å². The van der Waals surface area contributed by atoms with E-state index in [0.29, 0.717) is 6.42 Å². The van der Waals surface area contributed by atoms with Gasteiger partial charge in [0, 0.05) is 31.7 Å². The summed E-state index contributed by atoms with van der Waals surface area (Å²) in [5, 5.41) is 20.1. The van der Waals surface area contributed by atoms with Gasteiger partial charge in [-0.3, -0.25) is 14.6 Å². The Balaban J connectivity index is 1.29. The van der Waals surface area contributed by atoms with Crippen molar-refractivity contribution in [3.05, 3.63) is 40.8 Å². The van der Waals surface area contributed by atoms with E-state index in [-0.39, 0.29) is 54.5 Å². The van der Waals surface area contributed by atoms with Gasteiger partial charge in [0.05, 0.1) is 17.5 Å². The van der Waals surface area contributed by atoms with E-state index >= 15 is 0 Å². The minimum atomic E-state index is -4.29. The fourth-order valence-electron chi connectivity index (χ4n) is 4.20. The van der Waals surface area contributed by atoms with Gasteiger partial charge in [-0.1, -0.05) is 11.6 Å². The molecule has 4 rings (SSSR count). The maximum Gasteiger partial charge on any atom is 0.408 e. The van der Waals surface area contributed by atoms with Crippen LogP contribution in [0.4, 0.5) is 22.4 Å². The molecule has 36 heavy (non-hydrogen) atoms. The third kappa shape index (κ3) is 6.35. The Hall–Kier alpha value is -3.13. The van der Waals surface area contributed by atoms with Gasteiger partial charge in [-0.2, -0.15) is 13.2 Å². The lowest BCUT2D eigenvalue weighted by Crippen LogP contribution is -2.51. The average Bonchev–Trinajstić information content (AvgIpc) is 3.25. The van der Waals surface area contributed by atoms with Crippen LogP contribution in [0.1, 0.15) is 36.6 Å². The van der Waals surface area contributed by atoms with Gasteiger partial charge in [-0.05, 0) is 25.0 Å². The zero-order chi connectivity index (χ0) is 26.0. The Morgan fingerprint density at radius 1 is 1.19 bits per heavy atom. The molecule has 10 nitrogen and oxygen atoms in total. The molecule has 0 bridgehead atoms. The number of piperidine rings is 1. The molecule has 0 unspecified atom stereocenters. The summed E-state index contributed by atoms with van der Waals surface area (Å²) in [5.41, 5.74) is 0. The number of hydrogen-bond donors (Lipinski definition) is 2. The van der Waals surface area contributed by atoms with Crippen LogP contribution in [0.2, 0.25) is 5.02 Å². The van der Waals surface area contributed by atoms with Crippen LogP contribution in [-0.4, -0.2) is 82.1 Å². The number of halogens is 5. The van der Waals surface area contributed by atoms with Crippen molar-refractivity contribution in [1.82, 2.24) is 25.3 Å². The first-order chi connectivity index (χ1) is 17.0. The van der Waals surface area contributed by atoms with Gasteiger partial charge in [-0.25, -0.2) is 9.18 Å². The SMILES string of the molecule is O=C(COc1ccc(Cl)c(F)c1)N[C@H]1CC[C@H](c2nnc(C3CN(CC(F)(F)F)C3)o2)N(C(=O)O)C1. The second-order valence-corrected chi connectivity index (χ2v) is 9.05. The first kappa shape index (κ1) is 25.9. The van der Waals surface area contributed by atoms with E-state index in [1.165, 1.54) is 17.0 Å². The van der Waals surface area contributed by atoms with Crippen LogP contribution in [0.25, 0.3) is 0 Å². The van der Waals surface area contributed by atoms with Crippen molar-refractivity contribution in [3.63, 3.8) is 0 Å². The van der Waals surface area contributed by atoms with E-state index in [2.05, 4.69) is 15.5 Å². The van der Waals surface area contributed by atoms with Gasteiger partial charge in [0.15, 0.2) is 6.61 Å². The zero-order valence-electron chi connectivity index (χ0n) is 18.7. The van der Waals surface area contributed by atoms with Crippen molar-refractivity contribution >= 4 is 23.6 Å². The summed E-state index contributed by atoms with van der Waals surface area (Å²) in [6, 6.07) is 2.48. The summed E-state index contributed by atoms with van der Waals surface area (Å²) >= 11 is 5.60. The molecule has 196 valence electrons. The normalized spacial score (nSPS) is 21.2. The number of amides is 2. The van der Waals surface area contributed by atoms with Crippen molar-refractivity contribution in [1.29, 1.82) is 0 Å². The lowest BCUT2D eigenvalue weighted by atomic mass is 9.98. The minimum Gasteiger partial charge on any atom is -0.484 e. The summed E-state index contributed by atoms with van der Waals surface area (Å²) in [5.74, 6) is -1.23. The third-order valence-electron chi connectivity index (χ3n) is 5.90. The molecular weight excluding hydrogens is 514 g/mol. The highest BCUT2D eigenvalue weighted by Crippen LogP contribution is 2.34. The van der Waals surface area contributed by atoms with Crippen LogP contribution < -0.4 is 10.1 Å². The lowest BCUT2D eigenvalue weighted by Gasteiger charge is -2.37. The molecule has 0 aliphatic carbocycles. The Kier molecular flexibility index (Phi) is 7.54. The van der Waals surface area contributed by atoms with Crippen LogP contribution in [0, 0.1) is 5.82 Å². The number of benzene rings is 1. The predicted molar refractivity (Wildman–Crippen MR) is 115 cm³/mol. The molecule has 15 heteroatoms. The molecule has 2 aliphatic heterocycles. The number of ether oxygens (including phenoxy) is 1. The van der Waals surface area contributed by atoms with Gasteiger partial charge in [-0.15, -0.1) is 10.2 Å². The molecule has 2 N–H and O–H groups in total. The van der Waals surface area contributed by atoms with Crippen LogP contribution in [0.3, 0.4) is 0 Å². The number of alkyl halides is 3. The smallest absolute Gasteiger partial charge is 0.408 e. The van der Waals surface area contributed by atoms with E-state index < -0.39 is 49.2 Å². The van der Waals surface area contributed by atoms with Crippen molar-refractivity contribution < 1.29 is 41.4 Å². The molecule has 0 spiro atoms. The van der Waals surface area contributed by atoms with Gasteiger partial charge in [0.2, 0.25) is 11.8 Å². The van der Waals surface area contributed by atoms with Crippen LogP contribution >= 0.6 is 11.6 Å². The van der Waals surface area contributed by atoms with Crippen LogP contribution in [0.5, 0.6) is 5.75 Å². The van der Waals surface area contributed by atoms with E-state index in [0.717, 1.165) is 11.0 Å². The van der Waals surface area contributed by atoms with Gasteiger partial charge in [0.25, 0.3) is 5.91 Å². The second-order valence-electron chi connectivity index (χ2n) is 8.64. The van der Waals surface area contributed by atoms with Crippen molar-refractivity contribution in [2.75, 3.05) is 32.8 Å². The quantitative estimate of drug-likeness (QED) is 0.519. The molecule has 0 saturated carbocycles. The summed E-state index contributed by atoms with van der Waals surface area (Å²) in [6.45, 7) is -1.25. The Labute approximate surface area is 207 Å². The largest absolute Gasteiger partial charge is 0.484 e. The molecular formula is C21H22ClF4N5O5. The van der Waals surface area contributed by atoms with E-state index in [1.54, 1.807) is 0 Å². The molecule has 2 aliphatic rings. The van der Waals surface area contributed by atoms with Crippen molar-refractivity contribution in [3.8, 4) is 5.75 Å². The second kappa shape index (κ2) is 10.5. The number of rotatable bonds is 7. The van der Waals surface area contributed by atoms with E-state index in [1.807, 2.05) is 0 Å². The molecule has 1 aromatic carbocycles. The molecule has 2 aromatic rings. The number of likely N-dealkylation sites (tertiary alicyclic amines) is 2. The number of hydrogen-bond acceptors (Lipinski definition) is 7. The molecule has 2 fully saturated rings. The molecule has 0 radical (unpaired) electrons. The van der Waals surface area contributed by atoms with Crippen LogP contribution in [0.15, 0.2) is 22.6 Å². The monoisotopic (exact) mass is 535 g/mol. The molecule has 2 saturated heterocycles. The fourth-order valence-corrected chi connectivity index (χ4v) is 4.31. The summed E-state index contributed by atoms with van der Waals surface area (Å²) in [7, 11) is 0. The summed E-state index contributed by atoms with van der Waals surface area (Å²) < 4.78 is 61.8. The zero-order valence-corrected chi connectivity index (χ0v) is 19.4. The summed E-state index contributed by atoms with van der Waals surface area (Å²) in [6.07, 6.45) is -4.88. The highest BCUT2D eigenvalue weighted by Gasteiger charge is 2.41. The molecule has 2 atom stereocenters. The average molecular weight is 536 g/mol. The van der Waals surface area contributed by atoms with Crippen molar-refractivity contribution in [2.24, 2.45) is 0 Å². The first-order valence-electron chi connectivity index (χ1n) is 11.0. The standard InChI is InChI=1S/C21H22ClF4N5O5/c22-14-3-2-13(5-15(14)23)35-9-17(32)27-12-1-4-16(31(8-12)20(33)34)19-29-28-18(36-19)11-6-30(7-11)10-21(24,25)26/h2-3,5,11-12,16H,1,4,6-10H2,(H,27,32)(H,33,34)/t12-,16+/m0/s1. The number of carbonyl (C=O) groups is 2. The molecule has 3 heterocycles. The van der Waals surface area contributed by atoms with Gasteiger partial charge >= 0.3 is 12.3 Å². The maximum absolute atomic E-state index is 13.5. The molecule has 1 aromatic heterocycles. The highest BCUT2D eigenvalue weighted by atomic mass is 35.5. The van der Waals surface area contributed by atoms with Crippen LogP contribution in [-0.2, 0) is 4.79 Å². The maximum atomic E-state index is 13.5. The van der Waals surface area contributed by atoms with Gasteiger partial charge < -0.3 is 19.6 Å². The predicted octanol–water partition coefficient (Wildman–Crippen LogP) is 3.20. The fraction of sp³-hybridized carbons (Fsp3) is 0.524. The van der Waals surface area contributed by atoms with E-state index in [4.69, 9.17) is 20.8 Å². The number of carboxylic acid groups (broad SMARTS) is 1. The highest BCUT2D eigenvalue weighted by molar-refractivity contribution is 6.30. The minimum absolute atomic E-state index is 0.0538. The Morgan fingerprint density at radius 3 is 2.58 bits per heavy atom. The topological polar surface area (TPSA) is 121 Å². The number of carbonyl (C=O) groups excluding carboxylic acids is 1. The number of nitrogens with zero attached hydrogens (tertiary/aromatic N) is 4. The Bertz CT molecular complexity index is 1110. The Morgan fingerprint density at radius 2 is 1.92 bits per heavy atom. The number of nitrogens with one attached hydrogen (secondary N) is 1. The third-order valence-corrected chi connectivity index (χ3v) is 6.21. The number of aromatic nitrogens is 2. The molecule has 2 amide bonds. The van der Waals surface area contributed by atoms with Crippen molar-refractivity contribution in [2.45, 2.75) is 37.0 Å². The van der Waals surface area contributed by atoms with E-state index in [9.17, 15) is 32.3 Å². The summed E-state index contributed by atoms with van der Waals surface area (Å²) in [4.78, 5) is 26.4.